The normalized spacial score (nSPS) is 10.8. The molecule has 0 aliphatic carbocycles. The second kappa shape index (κ2) is 8.46. The zero-order valence-electron chi connectivity index (χ0n) is 11.0. The Morgan fingerprint density at radius 3 is 1.50 bits per heavy atom. The Kier molecular flexibility index (Phi) is 7.28. The molecule has 0 saturated carbocycles. The van der Waals surface area contributed by atoms with E-state index in [-0.39, 0.29) is 32.7 Å². The molecular weight excluding hydrogens is 329 g/mol. The molecule has 0 fully saturated rings. The molecule has 0 spiro atoms. The quantitative estimate of drug-likeness (QED) is 0.644. The van der Waals surface area contributed by atoms with E-state index >= 15 is 0 Å². The molecule has 0 radical (unpaired) electrons. The molecule has 2 rings (SSSR count). The molecule has 2 aromatic rings. The van der Waals surface area contributed by atoms with Crippen molar-refractivity contribution in [3.63, 3.8) is 0 Å². The van der Waals surface area contributed by atoms with Gasteiger partial charge in [-0.05, 0) is 11.1 Å². The number of phosphoric ester groups is 1. The molecule has 0 bridgehead atoms. The number of hydrogen-bond donors (Lipinski definition) is 1. The van der Waals surface area contributed by atoms with Gasteiger partial charge in [-0.2, -0.15) is 0 Å². The van der Waals surface area contributed by atoms with Crippen LogP contribution in [0.1, 0.15) is 11.1 Å². The molecule has 0 atom stereocenters. The van der Waals surface area contributed by atoms with Crippen molar-refractivity contribution in [3.05, 3.63) is 71.8 Å². The summed E-state index contributed by atoms with van der Waals surface area (Å²) in [6, 6.07) is 18.4. The average Bonchev–Trinajstić information content (AvgIpc) is 2.46. The van der Waals surface area contributed by atoms with Crippen LogP contribution < -0.4 is 0 Å². The Balaban J connectivity index is 0.00000200. The minimum absolute atomic E-state index is 0. The van der Waals surface area contributed by atoms with Gasteiger partial charge in [-0.25, -0.2) is 4.57 Å². The standard InChI is InChI=1S/C14H15O4P.Zn/c15-19(16,17-11-13-7-3-1-4-8-13)18-12-14-9-5-2-6-10-14;/h1-10H,11-12H2,(H,15,16);. The van der Waals surface area contributed by atoms with Gasteiger partial charge in [0.05, 0.1) is 13.2 Å². The third kappa shape index (κ3) is 6.08. The van der Waals surface area contributed by atoms with Crippen LogP contribution in [0.25, 0.3) is 0 Å². The van der Waals surface area contributed by atoms with E-state index in [1.54, 1.807) is 0 Å². The number of rotatable bonds is 6. The average molecular weight is 344 g/mol. The molecule has 0 aromatic heterocycles. The van der Waals surface area contributed by atoms with Gasteiger partial charge in [0.1, 0.15) is 0 Å². The van der Waals surface area contributed by atoms with Crippen LogP contribution in [0.15, 0.2) is 60.7 Å². The summed E-state index contributed by atoms with van der Waals surface area (Å²) in [7, 11) is -4.02. The van der Waals surface area contributed by atoms with Gasteiger partial charge in [-0.15, -0.1) is 0 Å². The molecule has 0 unspecified atom stereocenters. The molecule has 0 aliphatic rings. The van der Waals surface area contributed by atoms with Crippen LogP contribution in [0.4, 0.5) is 0 Å². The molecule has 20 heavy (non-hydrogen) atoms. The summed E-state index contributed by atoms with van der Waals surface area (Å²) in [6.45, 7) is 0.0901. The minimum atomic E-state index is -4.02. The number of benzene rings is 2. The monoisotopic (exact) mass is 342 g/mol. The van der Waals surface area contributed by atoms with Gasteiger partial charge < -0.3 is 4.89 Å². The van der Waals surface area contributed by atoms with Gasteiger partial charge in [0.15, 0.2) is 0 Å². The zero-order chi connectivity index (χ0) is 13.6. The van der Waals surface area contributed by atoms with Crippen LogP contribution in [0.5, 0.6) is 0 Å². The first kappa shape index (κ1) is 17.2. The summed E-state index contributed by atoms with van der Waals surface area (Å²) >= 11 is 0. The fourth-order valence-electron chi connectivity index (χ4n) is 1.50. The van der Waals surface area contributed by atoms with Crippen molar-refractivity contribution < 1.29 is 38.0 Å². The number of phosphoric acid groups is 1. The Labute approximate surface area is 131 Å². The molecule has 1 N–H and O–H groups in total. The molecule has 0 aliphatic heterocycles. The van der Waals surface area contributed by atoms with E-state index in [1.165, 1.54) is 0 Å². The maximum atomic E-state index is 11.7. The van der Waals surface area contributed by atoms with Gasteiger partial charge >= 0.3 is 7.82 Å². The van der Waals surface area contributed by atoms with Crippen LogP contribution in [-0.2, 0) is 46.3 Å². The van der Waals surface area contributed by atoms with E-state index in [2.05, 4.69) is 0 Å². The van der Waals surface area contributed by atoms with Gasteiger partial charge in [0, 0.05) is 19.5 Å². The summed E-state index contributed by atoms with van der Waals surface area (Å²) < 4.78 is 21.5. The van der Waals surface area contributed by atoms with E-state index in [9.17, 15) is 9.46 Å². The van der Waals surface area contributed by atoms with E-state index < -0.39 is 7.82 Å². The van der Waals surface area contributed by atoms with E-state index in [4.69, 9.17) is 9.05 Å². The summed E-state index contributed by atoms with van der Waals surface area (Å²) in [5, 5.41) is 0. The van der Waals surface area contributed by atoms with Crippen molar-refractivity contribution >= 4 is 7.82 Å². The molecule has 2 aromatic carbocycles. The van der Waals surface area contributed by atoms with Crippen molar-refractivity contribution in [1.82, 2.24) is 0 Å². The summed E-state index contributed by atoms with van der Waals surface area (Å²) in [6.07, 6.45) is 0. The van der Waals surface area contributed by atoms with E-state index in [0.29, 0.717) is 0 Å². The topological polar surface area (TPSA) is 55.8 Å². The van der Waals surface area contributed by atoms with Crippen molar-refractivity contribution in [3.8, 4) is 0 Å². The molecular formula is C14H15O4PZn. The first-order chi connectivity index (χ1) is 9.16. The van der Waals surface area contributed by atoms with Crippen molar-refractivity contribution in [2.75, 3.05) is 0 Å². The molecule has 4 nitrogen and oxygen atoms in total. The van der Waals surface area contributed by atoms with E-state index in [1.807, 2.05) is 60.7 Å². The molecule has 102 valence electrons. The Morgan fingerprint density at radius 2 is 1.15 bits per heavy atom. The Morgan fingerprint density at radius 1 is 0.800 bits per heavy atom. The maximum Gasteiger partial charge on any atom is 0.472 e. The number of hydrogen-bond acceptors (Lipinski definition) is 3. The van der Waals surface area contributed by atoms with Gasteiger partial charge in [0.2, 0.25) is 0 Å². The Bertz CT molecular complexity index is 500. The van der Waals surface area contributed by atoms with Crippen LogP contribution in [0, 0.1) is 0 Å². The van der Waals surface area contributed by atoms with Crippen LogP contribution >= 0.6 is 7.82 Å². The predicted octanol–water partition coefficient (Wildman–Crippen LogP) is 3.52. The largest absolute Gasteiger partial charge is 0.472 e. The van der Waals surface area contributed by atoms with Crippen molar-refractivity contribution in [1.29, 1.82) is 0 Å². The molecule has 0 amide bonds. The fraction of sp³-hybridized carbons (Fsp3) is 0.143. The van der Waals surface area contributed by atoms with E-state index in [0.717, 1.165) is 11.1 Å². The van der Waals surface area contributed by atoms with Crippen LogP contribution in [0.2, 0.25) is 0 Å². The summed E-state index contributed by atoms with van der Waals surface area (Å²) in [5.41, 5.74) is 1.64. The second-order valence-electron chi connectivity index (χ2n) is 3.99. The minimum Gasteiger partial charge on any atom is -0.302 e. The zero-order valence-corrected chi connectivity index (χ0v) is 14.9. The molecule has 0 saturated heterocycles. The third-order valence-electron chi connectivity index (χ3n) is 2.47. The van der Waals surface area contributed by atoms with Crippen molar-refractivity contribution in [2.24, 2.45) is 0 Å². The maximum absolute atomic E-state index is 11.7. The summed E-state index contributed by atoms with van der Waals surface area (Å²) in [5.74, 6) is 0. The second-order valence-corrected chi connectivity index (χ2v) is 5.44. The van der Waals surface area contributed by atoms with Crippen molar-refractivity contribution in [2.45, 2.75) is 13.2 Å². The molecule has 0 heterocycles. The summed E-state index contributed by atoms with van der Waals surface area (Å²) in [4.78, 5) is 9.55. The smallest absolute Gasteiger partial charge is 0.302 e. The molecule has 6 heteroatoms. The van der Waals surface area contributed by atoms with Gasteiger partial charge in [0.25, 0.3) is 0 Å². The SMILES string of the molecule is O=P(O)(OCc1ccccc1)OCc1ccccc1.[Zn]. The van der Waals surface area contributed by atoms with Crippen LogP contribution in [0.3, 0.4) is 0 Å². The fourth-order valence-corrected chi connectivity index (χ4v) is 2.20. The first-order valence-electron chi connectivity index (χ1n) is 5.85. The predicted molar refractivity (Wildman–Crippen MR) is 72.3 cm³/mol. The van der Waals surface area contributed by atoms with Crippen LogP contribution in [-0.4, -0.2) is 4.89 Å². The third-order valence-corrected chi connectivity index (χ3v) is 3.39. The van der Waals surface area contributed by atoms with Gasteiger partial charge in [-0.1, -0.05) is 60.7 Å². The Hall–Kier alpha value is -0.827. The first-order valence-corrected chi connectivity index (χ1v) is 7.35. The van der Waals surface area contributed by atoms with Gasteiger partial charge in [-0.3, -0.25) is 9.05 Å².